The van der Waals surface area contributed by atoms with Crippen molar-refractivity contribution < 1.29 is 26.5 Å². The summed E-state index contributed by atoms with van der Waals surface area (Å²) in [5.74, 6) is 0.982. The Bertz CT molecular complexity index is 551. The van der Waals surface area contributed by atoms with Crippen LogP contribution >= 0.6 is 0 Å². The summed E-state index contributed by atoms with van der Waals surface area (Å²) in [6, 6.07) is 8.27. The normalized spacial score (nSPS) is 12.2. The molecule has 0 aliphatic carbocycles. The number of aryl methyl sites for hydroxylation is 1. The number of halogens is 4. The highest BCUT2D eigenvalue weighted by atomic mass is 19.5. The minimum atomic E-state index is -6.00. The van der Waals surface area contributed by atoms with Gasteiger partial charge in [0.2, 0.25) is 5.54 Å². The van der Waals surface area contributed by atoms with E-state index in [-0.39, 0.29) is 5.54 Å². The van der Waals surface area contributed by atoms with Crippen LogP contribution in [0.5, 0.6) is 0 Å². The molecule has 0 N–H and O–H groups in total. The maximum Gasteiger partial charge on any atom is 0.673 e. The van der Waals surface area contributed by atoms with E-state index >= 15 is 0 Å². The van der Waals surface area contributed by atoms with E-state index in [2.05, 4.69) is 32.9 Å². The fourth-order valence-corrected chi connectivity index (χ4v) is 1.68. The highest BCUT2D eigenvalue weighted by molar-refractivity contribution is 6.50. The van der Waals surface area contributed by atoms with Crippen LogP contribution in [0.3, 0.4) is 0 Å². The molecule has 0 aliphatic heterocycles. The van der Waals surface area contributed by atoms with Crippen LogP contribution < -0.4 is 4.74 Å². The maximum atomic E-state index is 9.75. The van der Waals surface area contributed by atoms with Crippen LogP contribution in [0, 0.1) is 6.92 Å². The minimum Gasteiger partial charge on any atom is -0.418 e. The van der Waals surface area contributed by atoms with E-state index in [0.29, 0.717) is 0 Å². The van der Waals surface area contributed by atoms with Gasteiger partial charge in [-0.25, -0.2) is 4.52 Å². The Morgan fingerprint density at radius 1 is 1.05 bits per heavy atom. The number of hydrogen-bond donors (Lipinski definition) is 0. The van der Waals surface area contributed by atoms with Crippen LogP contribution in [-0.2, 0) is 5.54 Å². The fraction of sp³-hybridized carbons (Fsp3) is 0.417. The molecule has 0 saturated carbocycles. The number of benzene rings is 1. The van der Waals surface area contributed by atoms with E-state index in [1.54, 1.807) is 0 Å². The van der Waals surface area contributed by atoms with E-state index in [1.165, 1.54) is 5.39 Å². The highest BCUT2D eigenvalue weighted by Gasteiger charge is 2.30. The second-order valence-electron chi connectivity index (χ2n) is 5.12. The van der Waals surface area contributed by atoms with Crippen LogP contribution in [0.2, 0.25) is 0 Å². The first kappa shape index (κ1) is 15.5. The largest absolute Gasteiger partial charge is 0.673 e. The molecule has 2 rings (SSSR count). The van der Waals surface area contributed by atoms with Crippen molar-refractivity contribution in [1.82, 2.24) is 0 Å². The van der Waals surface area contributed by atoms with Crippen LogP contribution in [0.15, 0.2) is 28.8 Å². The zero-order chi connectivity index (χ0) is 14.8. The summed E-state index contributed by atoms with van der Waals surface area (Å²) in [6.07, 6.45) is 0. The van der Waals surface area contributed by atoms with Gasteiger partial charge in [0, 0.05) is 33.8 Å². The third-order valence-corrected chi connectivity index (χ3v) is 2.34. The van der Waals surface area contributed by atoms with Crippen molar-refractivity contribution in [2.24, 2.45) is 0 Å². The Balaban J connectivity index is 0.000000312. The fourth-order valence-electron chi connectivity index (χ4n) is 1.68. The van der Waals surface area contributed by atoms with Crippen molar-refractivity contribution in [3.05, 3.63) is 30.0 Å². The van der Waals surface area contributed by atoms with Gasteiger partial charge < -0.3 is 17.3 Å². The first-order valence-electron chi connectivity index (χ1n) is 5.78. The van der Waals surface area contributed by atoms with E-state index < -0.39 is 7.25 Å². The van der Waals surface area contributed by atoms with Gasteiger partial charge >= 0.3 is 7.25 Å². The van der Waals surface area contributed by atoms with Crippen molar-refractivity contribution in [3.63, 3.8) is 0 Å². The molecule has 0 aliphatic rings. The van der Waals surface area contributed by atoms with Crippen molar-refractivity contribution in [2.45, 2.75) is 33.2 Å². The van der Waals surface area contributed by atoms with Gasteiger partial charge in [0.05, 0.1) is 5.39 Å². The molecule has 0 fully saturated rings. The minimum absolute atomic E-state index is 0.00609. The monoisotopic (exact) mass is 277 g/mol. The van der Waals surface area contributed by atoms with Crippen molar-refractivity contribution >= 4 is 18.2 Å². The average Bonchev–Trinajstić information content (AvgIpc) is 2.54. The second kappa shape index (κ2) is 5.23. The Labute approximate surface area is 109 Å². The highest BCUT2D eigenvalue weighted by Crippen LogP contribution is 2.18. The maximum absolute atomic E-state index is 9.75. The Kier molecular flexibility index (Phi) is 4.27. The number of hydrogen-bond acceptors (Lipinski definition) is 1. The standard InChI is InChI=1S/C12H16NO.BF4/c1-9-10-7-5-6-8-11(10)13(14-9)12(2,3)4;2-1(3,4)5/h5-8H,1-4H3;/q+1;-1. The predicted molar refractivity (Wildman–Crippen MR) is 66.3 cm³/mol. The summed E-state index contributed by atoms with van der Waals surface area (Å²) in [7, 11) is -6.00. The second-order valence-corrected chi connectivity index (χ2v) is 5.12. The number of fused-ring (bicyclic) bond motifs is 1. The number of para-hydroxylation sites is 1. The van der Waals surface area contributed by atoms with Crippen molar-refractivity contribution in [3.8, 4) is 0 Å². The van der Waals surface area contributed by atoms with Gasteiger partial charge in [-0.3, -0.25) is 0 Å². The molecule has 0 atom stereocenters. The molecule has 1 aromatic carbocycles. The first-order chi connectivity index (χ1) is 8.50. The third kappa shape index (κ3) is 4.57. The molecule has 0 unspecified atom stereocenters. The molecule has 19 heavy (non-hydrogen) atoms. The predicted octanol–water partition coefficient (Wildman–Crippen LogP) is 4.08. The summed E-state index contributed by atoms with van der Waals surface area (Å²) >= 11 is 0. The summed E-state index contributed by atoms with van der Waals surface area (Å²) in [6.45, 7) is 8.43. The third-order valence-electron chi connectivity index (χ3n) is 2.34. The summed E-state index contributed by atoms with van der Waals surface area (Å²) < 4.78 is 46.7. The molecule has 2 nitrogen and oxygen atoms in total. The molecule has 2 aromatic rings. The Hall–Kier alpha value is -1.53. The molecule has 0 saturated heterocycles. The average molecular weight is 277 g/mol. The van der Waals surface area contributed by atoms with Gasteiger partial charge in [0.25, 0.3) is 5.52 Å². The van der Waals surface area contributed by atoms with Gasteiger partial charge in [-0.15, -0.1) is 0 Å². The quantitative estimate of drug-likeness (QED) is 0.403. The van der Waals surface area contributed by atoms with Crippen molar-refractivity contribution in [1.29, 1.82) is 0 Å². The molecule has 1 heterocycles. The topological polar surface area (TPSA) is 17.0 Å². The van der Waals surface area contributed by atoms with Crippen LogP contribution in [0.1, 0.15) is 26.5 Å². The van der Waals surface area contributed by atoms with Gasteiger partial charge in [-0.2, -0.15) is 0 Å². The van der Waals surface area contributed by atoms with Crippen LogP contribution in [0.25, 0.3) is 10.9 Å². The summed E-state index contributed by atoms with van der Waals surface area (Å²) in [4.78, 5) is 0. The summed E-state index contributed by atoms with van der Waals surface area (Å²) in [5, 5.41) is 1.20. The summed E-state index contributed by atoms with van der Waals surface area (Å²) in [5.41, 5.74) is 1.16. The lowest BCUT2D eigenvalue weighted by Gasteiger charge is -2.06. The number of nitrogens with zero attached hydrogens (tertiary/aromatic N) is 1. The molecule has 7 heteroatoms. The molecule has 0 amide bonds. The SMILES string of the molecule is Cc1o[n+](C(C)(C)C)c2ccccc12.F[B-](F)(F)F. The lowest BCUT2D eigenvalue weighted by atomic mass is 10.1. The van der Waals surface area contributed by atoms with E-state index in [9.17, 15) is 17.3 Å². The first-order valence-corrected chi connectivity index (χ1v) is 5.78. The van der Waals surface area contributed by atoms with Gasteiger partial charge in [0.15, 0.2) is 5.76 Å². The molecule has 1 aromatic heterocycles. The Morgan fingerprint density at radius 3 is 2.00 bits per heavy atom. The van der Waals surface area contributed by atoms with Gasteiger partial charge in [-0.05, 0) is 10.8 Å². The number of aromatic nitrogens is 1. The number of rotatable bonds is 0. The zero-order valence-corrected chi connectivity index (χ0v) is 11.3. The van der Waals surface area contributed by atoms with Crippen LogP contribution in [0.4, 0.5) is 17.3 Å². The lowest BCUT2D eigenvalue weighted by Crippen LogP contribution is -2.48. The Morgan fingerprint density at radius 2 is 1.53 bits per heavy atom. The molecule has 0 radical (unpaired) electrons. The van der Waals surface area contributed by atoms with Crippen LogP contribution in [-0.4, -0.2) is 7.25 Å². The van der Waals surface area contributed by atoms with E-state index in [0.717, 1.165) is 11.3 Å². The lowest BCUT2D eigenvalue weighted by molar-refractivity contribution is -0.888. The zero-order valence-electron chi connectivity index (χ0n) is 11.3. The van der Waals surface area contributed by atoms with Gasteiger partial charge in [0.1, 0.15) is 0 Å². The molecule has 0 bridgehead atoms. The molecule has 0 spiro atoms. The van der Waals surface area contributed by atoms with Crippen molar-refractivity contribution in [2.75, 3.05) is 0 Å². The van der Waals surface area contributed by atoms with E-state index in [1.807, 2.05) is 23.8 Å². The van der Waals surface area contributed by atoms with E-state index in [4.69, 9.17) is 4.52 Å². The molecular formula is C12H16BF4NO. The smallest absolute Gasteiger partial charge is 0.418 e. The molecule has 106 valence electrons. The van der Waals surface area contributed by atoms with Gasteiger partial charge in [-0.1, -0.05) is 12.1 Å². The molecular weight excluding hydrogens is 261 g/mol.